The highest BCUT2D eigenvalue weighted by Crippen LogP contribution is 2.24. The maximum Gasteiger partial charge on any atom is 0.105 e. The van der Waals surface area contributed by atoms with Crippen LogP contribution in [-0.4, -0.2) is 11.5 Å². The molecule has 0 aliphatic heterocycles. The standard InChI is InChI=1S/C17H24N2O/c1-5-8-18-17(16-9-13(3)20-14(16)4)10-15-7-6-12(2)11-19-15/h6-7,9,11,17-18H,5,8,10H2,1-4H3. The van der Waals surface area contributed by atoms with E-state index in [9.17, 15) is 0 Å². The van der Waals surface area contributed by atoms with E-state index >= 15 is 0 Å². The van der Waals surface area contributed by atoms with Gasteiger partial charge in [0.2, 0.25) is 0 Å². The van der Waals surface area contributed by atoms with Gasteiger partial charge in [-0.05, 0) is 51.4 Å². The Labute approximate surface area is 121 Å². The van der Waals surface area contributed by atoms with Crippen LogP contribution in [0, 0.1) is 20.8 Å². The lowest BCUT2D eigenvalue weighted by Crippen LogP contribution is -2.24. The molecule has 0 bridgehead atoms. The molecular weight excluding hydrogens is 248 g/mol. The average Bonchev–Trinajstić information content (AvgIpc) is 2.76. The number of rotatable bonds is 6. The average molecular weight is 272 g/mol. The van der Waals surface area contributed by atoms with Gasteiger partial charge in [-0.15, -0.1) is 0 Å². The van der Waals surface area contributed by atoms with E-state index < -0.39 is 0 Å². The number of furan rings is 1. The number of aryl methyl sites for hydroxylation is 3. The predicted molar refractivity (Wildman–Crippen MR) is 81.9 cm³/mol. The minimum Gasteiger partial charge on any atom is -0.466 e. The van der Waals surface area contributed by atoms with Crippen molar-refractivity contribution in [3.05, 3.63) is 52.7 Å². The predicted octanol–water partition coefficient (Wildman–Crippen LogP) is 3.88. The van der Waals surface area contributed by atoms with Gasteiger partial charge in [0.25, 0.3) is 0 Å². The zero-order valence-electron chi connectivity index (χ0n) is 12.9. The monoisotopic (exact) mass is 272 g/mol. The molecule has 0 fully saturated rings. The Hall–Kier alpha value is -1.61. The van der Waals surface area contributed by atoms with Gasteiger partial charge < -0.3 is 9.73 Å². The van der Waals surface area contributed by atoms with Gasteiger partial charge >= 0.3 is 0 Å². The Balaban J connectivity index is 2.19. The molecule has 1 N–H and O–H groups in total. The molecule has 1 atom stereocenters. The van der Waals surface area contributed by atoms with E-state index in [-0.39, 0.29) is 6.04 Å². The molecule has 3 heteroatoms. The Morgan fingerprint density at radius 1 is 1.25 bits per heavy atom. The maximum atomic E-state index is 5.67. The number of pyridine rings is 1. The summed E-state index contributed by atoms with van der Waals surface area (Å²) in [5.74, 6) is 1.97. The SMILES string of the molecule is CCCNC(Cc1ccc(C)cn1)c1cc(C)oc1C. The second kappa shape index (κ2) is 6.71. The summed E-state index contributed by atoms with van der Waals surface area (Å²) < 4.78 is 5.67. The molecule has 0 radical (unpaired) electrons. The molecule has 0 saturated heterocycles. The lowest BCUT2D eigenvalue weighted by molar-refractivity contribution is 0.478. The minimum absolute atomic E-state index is 0.266. The summed E-state index contributed by atoms with van der Waals surface area (Å²) in [6, 6.07) is 6.63. The zero-order chi connectivity index (χ0) is 14.5. The van der Waals surface area contributed by atoms with Crippen molar-refractivity contribution in [3.8, 4) is 0 Å². The largest absolute Gasteiger partial charge is 0.466 e. The van der Waals surface area contributed by atoms with Crippen LogP contribution in [0.2, 0.25) is 0 Å². The van der Waals surface area contributed by atoms with E-state index in [1.807, 2.05) is 20.0 Å². The van der Waals surface area contributed by atoms with Gasteiger partial charge in [-0.3, -0.25) is 4.98 Å². The maximum absolute atomic E-state index is 5.67. The molecular formula is C17H24N2O. The fraction of sp³-hybridized carbons (Fsp3) is 0.471. The van der Waals surface area contributed by atoms with Crippen LogP contribution in [0.15, 0.2) is 28.8 Å². The second-order valence-electron chi connectivity index (χ2n) is 5.41. The minimum atomic E-state index is 0.266. The summed E-state index contributed by atoms with van der Waals surface area (Å²) in [6.45, 7) is 9.28. The van der Waals surface area contributed by atoms with Crippen LogP contribution >= 0.6 is 0 Å². The first-order valence-electron chi connectivity index (χ1n) is 7.32. The van der Waals surface area contributed by atoms with Crippen molar-refractivity contribution in [3.63, 3.8) is 0 Å². The molecule has 2 aromatic heterocycles. The van der Waals surface area contributed by atoms with E-state index in [1.54, 1.807) is 0 Å². The fourth-order valence-electron chi connectivity index (χ4n) is 2.44. The summed E-state index contributed by atoms with van der Waals surface area (Å²) in [5.41, 5.74) is 3.56. The summed E-state index contributed by atoms with van der Waals surface area (Å²) in [7, 11) is 0. The second-order valence-corrected chi connectivity index (χ2v) is 5.41. The van der Waals surface area contributed by atoms with Crippen molar-refractivity contribution < 1.29 is 4.42 Å². The molecule has 0 saturated carbocycles. The molecule has 0 aliphatic rings. The Morgan fingerprint density at radius 2 is 2.05 bits per heavy atom. The first-order chi connectivity index (χ1) is 9.60. The topological polar surface area (TPSA) is 38.1 Å². The van der Waals surface area contributed by atoms with Gasteiger partial charge in [-0.25, -0.2) is 0 Å². The van der Waals surface area contributed by atoms with Crippen molar-refractivity contribution in [1.29, 1.82) is 0 Å². The van der Waals surface area contributed by atoms with E-state index in [1.165, 1.54) is 11.1 Å². The smallest absolute Gasteiger partial charge is 0.105 e. The van der Waals surface area contributed by atoms with E-state index in [4.69, 9.17) is 4.42 Å². The number of nitrogens with zero attached hydrogens (tertiary/aromatic N) is 1. The van der Waals surface area contributed by atoms with Crippen LogP contribution < -0.4 is 5.32 Å². The van der Waals surface area contributed by atoms with Crippen LogP contribution in [0.3, 0.4) is 0 Å². The van der Waals surface area contributed by atoms with Gasteiger partial charge in [0.05, 0.1) is 0 Å². The zero-order valence-corrected chi connectivity index (χ0v) is 12.9. The highest BCUT2D eigenvalue weighted by atomic mass is 16.3. The van der Waals surface area contributed by atoms with Crippen molar-refractivity contribution in [1.82, 2.24) is 10.3 Å². The molecule has 2 heterocycles. The molecule has 1 unspecified atom stereocenters. The van der Waals surface area contributed by atoms with Gasteiger partial charge in [0, 0.05) is 29.9 Å². The third-order valence-electron chi connectivity index (χ3n) is 3.48. The van der Waals surface area contributed by atoms with Gasteiger partial charge in [-0.1, -0.05) is 13.0 Å². The quantitative estimate of drug-likeness (QED) is 0.867. The third kappa shape index (κ3) is 3.70. The van der Waals surface area contributed by atoms with E-state index in [0.717, 1.165) is 36.6 Å². The lowest BCUT2D eigenvalue weighted by Gasteiger charge is -2.18. The molecule has 2 aromatic rings. The van der Waals surface area contributed by atoms with Crippen LogP contribution in [0.25, 0.3) is 0 Å². The van der Waals surface area contributed by atoms with Crippen molar-refractivity contribution in [2.75, 3.05) is 6.54 Å². The summed E-state index contributed by atoms with van der Waals surface area (Å²) in [6.07, 6.45) is 3.94. The lowest BCUT2D eigenvalue weighted by atomic mass is 10.0. The fourth-order valence-corrected chi connectivity index (χ4v) is 2.44. The highest BCUT2D eigenvalue weighted by molar-refractivity contribution is 5.26. The Morgan fingerprint density at radius 3 is 2.60 bits per heavy atom. The molecule has 2 rings (SSSR count). The number of hydrogen-bond donors (Lipinski definition) is 1. The van der Waals surface area contributed by atoms with Crippen LogP contribution in [-0.2, 0) is 6.42 Å². The number of aromatic nitrogens is 1. The van der Waals surface area contributed by atoms with E-state index in [0.29, 0.717) is 0 Å². The molecule has 0 aromatic carbocycles. The van der Waals surface area contributed by atoms with Crippen molar-refractivity contribution >= 4 is 0 Å². The summed E-state index contributed by atoms with van der Waals surface area (Å²) in [5, 5.41) is 3.60. The Kier molecular flexibility index (Phi) is 4.96. The molecule has 0 amide bonds. The summed E-state index contributed by atoms with van der Waals surface area (Å²) >= 11 is 0. The first kappa shape index (κ1) is 14.8. The van der Waals surface area contributed by atoms with Gasteiger partial charge in [-0.2, -0.15) is 0 Å². The number of nitrogens with one attached hydrogen (secondary N) is 1. The molecule has 108 valence electrons. The van der Waals surface area contributed by atoms with Crippen LogP contribution in [0.5, 0.6) is 0 Å². The van der Waals surface area contributed by atoms with Gasteiger partial charge in [0.1, 0.15) is 11.5 Å². The van der Waals surface area contributed by atoms with E-state index in [2.05, 4.69) is 42.3 Å². The van der Waals surface area contributed by atoms with Crippen molar-refractivity contribution in [2.45, 2.75) is 46.6 Å². The normalized spacial score (nSPS) is 12.6. The molecule has 3 nitrogen and oxygen atoms in total. The third-order valence-corrected chi connectivity index (χ3v) is 3.48. The molecule has 20 heavy (non-hydrogen) atoms. The molecule has 0 spiro atoms. The number of hydrogen-bond acceptors (Lipinski definition) is 3. The highest BCUT2D eigenvalue weighted by Gasteiger charge is 2.17. The summed E-state index contributed by atoms with van der Waals surface area (Å²) in [4.78, 5) is 4.52. The van der Waals surface area contributed by atoms with Crippen molar-refractivity contribution in [2.24, 2.45) is 0 Å². The first-order valence-corrected chi connectivity index (χ1v) is 7.32. The van der Waals surface area contributed by atoms with Gasteiger partial charge in [0.15, 0.2) is 0 Å². The van der Waals surface area contributed by atoms with Crippen LogP contribution in [0.1, 0.15) is 47.7 Å². The Bertz CT molecular complexity index is 543. The van der Waals surface area contributed by atoms with Crippen LogP contribution in [0.4, 0.5) is 0 Å². The molecule has 0 aliphatic carbocycles.